The molecule has 0 amide bonds. The van der Waals surface area contributed by atoms with Crippen molar-refractivity contribution in [2.24, 2.45) is 11.3 Å². The molecule has 22 heavy (non-hydrogen) atoms. The zero-order valence-electron chi connectivity index (χ0n) is 12.7. The highest BCUT2D eigenvalue weighted by molar-refractivity contribution is 6.30. The maximum atomic E-state index is 10.5. The number of piperidine rings is 1. The topological polar surface area (TPSA) is 52.9 Å². The first-order valence-electron chi connectivity index (χ1n) is 7.96. The third-order valence-corrected chi connectivity index (χ3v) is 5.25. The van der Waals surface area contributed by atoms with Gasteiger partial charge < -0.3 is 19.8 Å². The second-order valence-electron chi connectivity index (χ2n) is 6.76. The Labute approximate surface area is 136 Å². The average Bonchev–Trinajstić information content (AvgIpc) is 2.52. The lowest BCUT2D eigenvalue weighted by Crippen LogP contribution is -2.54. The third kappa shape index (κ3) is 3.47. The minimum atomic E-state index is -0.418. The Balaban J connectivity index is 1.52. The summed E-state index contributed by atoms with van der Waals surface area (Å²) in [6.45, 7) is 4.36. The van der Waals surface area contributed by atoms with E-state index < -0.39 is 6.10 Å². The van der Waals surface area contributed by atoms with E-state index in [0.29, 0.717) is 24.2 Å². The van der Waals surface area contributed by atoms with Gasteiger partial charge in [-0.15, -0.1) is 0 Å². The Bertz CT molecular complexity index is 476. The molecule has 0 spiro atoms. The Morgan fingerprint density at radius 1 is 1.23 bits per heavy atom. The molecule has 1 aromatic rings. The van der Waals surface area contributed by atoms with Gasteiger partial charge in [-0.3, -0.25) is 0 Å². The number of likely N-dealkylation sites (tertiary alicyclic amines) is 1. The highest BCUT2D eigenvalue weighted by Crippen LogP contribution is 2.34. The number of aliphatic hydroxyl groups is 2. The van der Waals surface area contributed by atoms with Crippen molar-refractivity contribution in [3.63, 3.8) is 0 Å². The van der Waals surface area contributed by atoms with E-state index in [0.717, 1.165) is 38.0 Å². The van der Waals surface area contributed by atoms with Gasteiger partial charge in [0, 0.05) is 11.6 Å². The molecular formula is C17H24ClNO3. The van der Waals surface area contributed by atoms with E-state index in [1.165, 1.54) is 0 Å². The molecule has 3 rings (SSSR count). The number of ether oxygens (including phenoxy) is 1. The van der Waals surface area contributed by atoms with Crippen LogP contribution >= 0.6 is 11.6 Å². The van der Waals surface area contributed by atoms with E-state index in [1.54, 1.807) is 0 Å². The highest BCUT2D eigenvalue weighted by Gasteiger charge is 2.40. The molecule has 2 heterocycles. The van der Waals surface area contributed by atoms with Gasteiger partial charge in [0.25, 0.3) is 0 Å². The molecule has 0 saturated carbocycles. The van der Waals surface area contributed by atoms with Gasteiger partial charge >= 0.3 is 0 Å². The van der Waals surface area contributed by atoms with Crippen molar-refractivity contribution in [2.45, 2.75) is 18.9 Å². The zero-order valence-corrected chi connectivity index (χ0v) is 13.5. The predicted molar refractivity (Wildman–Crippen MR) is 85.9 cm³/mol. The predicted octanol–water partition coefficient (Wildman–Crippen LogP) is 2.09. The van der Waals surface area contributed by atoms with Crippen LogP contribution in [0, 0.1) is 11.3 Å². The largest absolute Gasteiger partial charge is 0.396 e. The molecule has 2 saturated heterocycles. The standard InChI is InChI=1S/C17H24ClNO3/c18-15-3-1-13(2-4-15)16(21)14-5-7-19(8-6-14)9-17(10-20)11-22-12-17/h1-4,14,16,20-21H,5-12H2. The molecule has 1 atom stereocenters. The van der Waals surface area contributed by atoms with Crippen LogP contribution in [0.15, 0.2) is 24.3 Å². The molecule has 2 fully saturated rings. The van der Waals surface area contributed by atoms with E-state index in [-0.39, 0.29) is 12.0 Å². The first-order valence-corrected chi connectivity index (χ1v) is 8.34. The van der Waals surface area contributed by atoms with Gasteiger partial charge in [0.2, 0.25) is 0 Å². The number of hydrogen-bond donors (Lipinski definition) is 2. The first kappa shape index (κ1) is 16.2. The minimum Gasteiger partial charge on any atom is -0.396 e. The Morgan fingerprint density at radius 2 is 1.86 bits per heavy atom. The number of rotatable bonds is 5. The first-order chi connectivity index (χ1) is 10.6. The summed E-state index contributed by atoms with van der Waals surface area (Å²) in [7, 11) is 0. The van der Waals surface area contributed by atoms with Gasteiger partial charge in [-0.25, -0.2) is 0 Å². The maximum Gasteiger partial charge on any atom is 0.0819 e. The van der Waals surface area contributed by atoms with Crippen molar-refractivity contribution in [2.75, 3.05) is 39.5 Å². The molecule has 1 unspecified atom stereocenters. The van der Waals surface area contributed by atoms with E-state index in [4.69, 9.17) is 16.3 Å². The molecular weight excluding hydrogens is 302 g/mol. The molecule has 2 N–H and O–H groups in total. The SMILES string of the molecule is OCC1(CN2CCC(C(O)c3ccc(Cl)cc3)CC2)COC1. The lowest BCUT2D eigenvalue weighted by molar-refractivity contribution is -0.150. The summed E-state index contributed by atoms with van der Waals surface area (Å²) in [5.74, 6) is 0.292. The van der Waals surface area contributed by atoms with Crippen LogP contribution in [0.1, 0.15) is 24.5 Å². The summed E-state index contributed by atoms with van der Waals surface area (Å²) >= 11 is 5.90. The second kappa shape index (κ2) is 6.85. The Morgan fingerprint density at radius 3 is 2.36 bits per heavy atom. The summed E-state index contributed by atoms with van der Waals surface area (Å²) in [5, 5.41) is 20.8. The average molecular weight is 326 g/mol. The quantitative estimate of drug-likeness (QED) is 0.870. The number of benzene rings is 1. The van der Waals surface area contributed by atoms with E-state index in [1.807, 2.05) is 24.3 Å². The lowest BCUT2D eigenvalue weighted by atomic mass is 9.83. The molecule has 2 aliphatic rings. The Hall–Kier alpha value is -0.650. The lowest BCUT2D eigenvalue weighted by Gasteiger charge is -2.45. The summed E-state index contributed by atoms with van der Waals surface area (Å²) in [6.07, 6.45) is 1.54. The van der Waals surface area contributed by atoms with Crippen LogP contribution in [0.2, 0.25) is 5.02 Å². The molecule has 0 aliphatic carbocycles. The van der Waals surface area contributed by atoms with Gasteiger partial charge in [-0.1, -0.05) is 23.7 Å². The van der Waals surface area contributed by atoms with Gasteiger partial charge in [-0.2, -0.15) is 0 Å². The van der Waals surface area contributed by atoms with Crippen LogP contribution in [0.5, 0.6) is 0 Å². The summed E-state index contributed by atoms with van der Waals surface area (Å²) in [5.41, 5.74) is 0.892. The minimum absolute atomic E-state index is 0.0539. The molecule has 122 valence electrons. The number of halogens is 1. The molecule has 5 heteroatoms. The van der Waals surface area contributed by atoms with Crippen molar-refractivity contribution in [1.29, 1.82) is 0 Å². The summed E-state index contributed by atoms with van der Waals surface area (Å²) in [6, 6.07) is 7.48. The smallest absolute Gasteiger partial charge is 0.0819 e. The maximum absolute atomic E-state index is 10.5. The van der Waals surface area contributed by atoms with Gasteiger partial charge in [-0.05, 0) is 49.5 Å². The number of aliphatic hydroxyl groups excluding tert-OH is 2. The van der Waals surface area contributed by atoms with Gasteiger partial charge in [0.15, 0.2) is 0 Å². The van der Waals surface area contributed by atoms with Gasteiger partial charge in [0.1, 0.15) is 0 Å². The van der Waals surface area contributed by atoms with Crippen LogP contribution in [-0.2, 0) is 4.74 Å². The van der Waals surface area contributed by atoms with Crippen molar-refractivity contribution in [3.8, 4) is 0 Å². The van der Waals surface area contributed by atoms with Crippen molar-refractivity contribution in [1.82, 2.24) is 4.90 Å². The van der Waals surface area contributed by atoms with Gasteiger partial charge in [0.05, 0.1) is 31.3 Å². The Kier molecular flexibility index (Phi) is 5.05. The summed E-state index contributed by atoms with van der Waals surface area (Å²) in [4.78, 5) is 2.39. The fourth-order valence-corrected chi connectivity index (χ4v) is 3.58. The van der Waals surface area contributed by atoms with Crippen LogP contribution in [0.4, 0.5) is 0 Å². The van der Waals surface area contributed by atoms with Crippen LogP contribution < -0.4 is 0 Å². The van der Waals surface area contributed by atoms with Crippen molar-refractivity contribution < 1.29 is 14.9 Å². The normalized spacial score (nSPS) is 24.0. The zero-order chi connectivity index (χ0) is 15.6. The van der Waals surface area contributed by atoms with Crippen LogP contribution in [-0.4, -0.2) is 54.6 Å². The monoisotopic (exact) mass is 325 g/mol. The van der Waals surface area contributed by atoms with Crippen molar-refractivity contribution >= 4 is 11.6 Å². The third-order valence-electron chi connectivity index (χ3n) is 5.00. The molecule has 0 aromatic heterocycles. The van der Waals surface area contributed by atoms with E-state index in [9.17, 15) is 10.2 Å². The molecule has 0 bridgehead atoms. The molecule has 4 nitrogen and oxygen atoms in total. The molecule has 0 radical (unpaired) electrons. The van der Waals surface area contributed by atoms with E-state index in [2.05, 4.69) is 4.90 Å². The van der Waals surface area contributed by atoms with E-state index >= 15 is 0 Å². The van der Waals surface area contributed by atoms with Crippen molar-refractivity contribution in [3.05, 3.63) is 34.9 Å². The molecule has 2 aliphatic heterocycles. The number of hydrogen-bond acceptors (Lipinski definition) is 4. The fraction of sp³-hybridized carbons (Fsp3) is 0.647. The highest BCUT2D eigenvalue weighted by atomic mass is 35.5. The van der Waals surface area contributed by atoms with Crippen LogP contribution in [0.25, 0.3) is 0 Å². The second-order valence-corrected chi connectivity index (χ2v) is 7.20. The number of nitrogens with zero attached hydrogens (tertiary/aromatic N) is 1. The molecule has 1 aromatic carbocycles. The van der Waals surface area contributed by atoms with Crippen LogP contribution in [0.3, 0.4) is 0 Å². The fourth-order valence-electron chi connectivity index (χ4n) is 3.46. The summed E-state index contributed by atoms with van der Waals surface area (Å²) < 4.78 is 5.26.